The molecule has 42 heavy (non-hydrogen) atoms. The minimum absolute atomic E-state index is 0.0572. The van der Waals surface area contributed by atoms with Gasteiger partial charge >= 0.3 is 0 Å². The Balaban J connectivity index is 1.30. The minimum atomic E-state index is -0.694. The number of hydrogen-bond donors (Lipinski definition) is 0. The van der Waals surface area contributed by atoms with Crippen LogP contribution in [0, 0.1) is 13.8 Å². The van der Waals surface area contributed by atoms with Crippen LogP contribution in [-0.4, -0.2) is 12.5 Å². The van der Waals surface area contributed by atoms with Gasteiger partial charge < -0.3 is 4.74 Å². The number of rotatable bonds is 5. The van der Waals surface area contributed by atoms with Crippen LogP contribution in [0.3, 0.4) is 0 Å². The predicted octanol–water partition coefficient (Wildman–Crippen LogP) is 7.46. The normalized spacial score (nSPS) is 16.2. The highest BCUT2D eigenvalue weighted by atomic mass is 31.1. The van der Waals surface area contributed by atoms with Gasteiger partial charge in [0.25, 0.3) is 0 Å². The van der Waals surface area contributed by atoms with E-state index in [0.29, 0.717) is 6.61 Å². The summed E-state index contributed by atoms with van der Waals surface area (Å²) in [5.41, 5.74) is 10.6. The lowest BCUT2D eigenvalue weighted by Gasteiger charge is -2.26. The van der Waals surface area contributed by atoms with E-state index in [9.17, 15) is 0 Å². The molecule has 1 heterocycles. The Kier molecular flexibility index (Phi) is 7.49. The van der Waals surface area contributed by atoms with Crippen molar-refractivity contribution in [3.05, 3.63) is 160 Å². The van der Waals surface area contributed by atoms with Crippen molar-refractivity contribution in [1.82, 2.24) is 0 Å². The molecule has 0 radical (unpaired) electrons. The van der Waals surface area contributed by atoms with E-state index in [1.807, 2.05) is 0 Å². The molecule has 208 valence electrons. The monoisotopic (exact) mass is 565 g/mol. The second kappa shape index (κ2) is 11.7. The smallest absolute Gasteiger partial charge is 0.217 e. The summed E-state index contributed by atoms with van der Waals surface area (Å²) < 4.78 is 6.28. The molecule has 0 saturated carbocycles. The summed E-state index contributed by atoms with van der Waals surface area (Å²) in [6.07, 6.45) is 3.93. The van der Waals surface area contributed by atoms with E-state index >= 15 is 0 Å². The van der Waals surface area contributed by atoms with E-state index in [-0.39, 0.29) is 6.04 Å². The van der Waals surface area contributed by atoms with Crippen LogP contribution >= 0.6 is 7.92 Å². The molecule has 4 bridgehead atoms. The van der Waals surface area contributed by atoms with Gasteiger partial charge in [0.1, 0.15) is 12.6 Å². The zero-order valence-corrected chi connectivity index (χ0v) is 25.3. The molecule has 1 unspecified atom stereocenters. The van der Waals surface area contributed by atoms with Crippen molar-refractivity contribution in [2.75, 3.05) is 6.61 Å². The highest BCUT2D eigenvalue weighted by molar-refractivity contribution is 7.80. The van der Waals surface area contributed by atoms with E-state index in [0.717, 1.165) is 31.6 Å². The fraction of sp³-hybridized carbons (Fsp3) is 0.205. The van der Waals surface area contributed by atoms with Crippen molar-refractivity contribution < 1.29 is 4.74 Å². The quantitative estimate of drug-likeness (QED) is 0.203. The van der Waals surface area contributed by atoms with E-state index in [4.69, 9.17) is 9.73 Å². The standard InChI is InChI=1S/C39H36NOP/c1-27-10-6-8-14-36(27)42(37-15-9-7-11-28(37)2)38-25-30-17-16-29-18-20-31(22-23-33(38)21-19-30)34(24-29)39-40-35(26-41-39)32-12-4-3-5-13-32/h3-15,18-21,24-25,35H,16-17,22-23,26H2,1-2H3. The molecule has 0 N–H and O–H groups in total. The van der Waals surface area contributed by atoms with Crippen molar-refractivity contribution in [1.29, 1.82) is 0 Å². The van der Waals surface area contributed by atoms with E-state index in [1.54, 1.807) is 0 Å². The largest absolute Gasteiger partial charge is 0.475 e. The van der Waals surface area contributed by atoms with Crippen molar-refractivity contribution in [2.24, 2.45) is 4.99 Å². The maximum Gasteiger partial charge on any atom is 0.217 e. The summed E-state index contributed by atoms with van der Waals surface area (Å²) >= 11 is 0. The molecule has 5 aliphatic rings. The number of aryl methyl sites for hydroxylation is 6. The van der Waals surface area contributed by atoms with Gasteiger partial charge in [0.05, 0.1) is 0 Å². The summed E-state index contributed by atoms with van der Waals surface area (Å²) in [7, 11) is -0.694. The zero-order chi connectivity index (χ0) is 28.5. The first-order chi connectivity index (χ1) is 20.6. The Morgan fingerprint density at radius 1 is 0.595 bits per heavy atom. The number of nitrogens with zero attached hydrogens (tertiary/aromatic N) is 1. The lowest BCUT2D eigenvalue weighted by Crippen LogP contribution is -2.27. The number of hydrogen-bond acceptors (Lipinski definition) is 2. The zero-order valence-electron chi connectivity index (χ0n) is 24.4. The molecule has 1 atom stereocenters. The van der Waals surface area contributed by atoms with Gasteiger partial charge in [0.2, 0.25) is 5.90 Å². The van der Waals surface area contributed by atoms with Crippen LogP contribution in [0.25, 0.3) is 0 Å². The minimum Gasteiger partial charge on any atom is -0.475 e. The maximum absolute atomic E-state index is 6.28. The summed E-state index contributed by atoms with van der Waals surface area (Å²) in [4.78, 5) is 5.08. The van der Waals surface area contributed by atoms with Gasteiger partial charge in [-0.2, -0.15) is 0 Å². The van der Waals surface area contributed by atoms with E-state index in [2.05, 4.69) is 129 Å². The van der Waals surface area contributed by atoms with Crippen LogP contribution in [0.2, 0.25) is 0 Å². The van der Waals surface area contributed by atoms with Gasteiger partial charge in [-0.1, -0.05) is 109 Å². The molecule has 0 spiro atoms. The summed E-state index contributed by atoms with van der Waals surface area (Å²) in [5.74, 6) is 0.800. The second-order valence-electron chi connectivity index (χ2n) is 11.5. The Labute approximate surface area is 250 Å². The Morgan fingerprint density at radius 2 is 1.19 bits per heavy atom. The third kappa shape index (κ3) is 5.33. The maximum atomic E-state index is 6.28. The SMILES string of the molecule is Cc1ccccc1P(c1ccccc1C)c1cc2ccc1CCc1ccc(cc1C1=NC(c3ccccc3)CO1)CC2. The molecular formula is C39H36NOP. The van der Waals surface area contributed by atoms with Crippen LogP contribution in [0.15, 0.2) is 120 Å². The van der Waals surface area contributed by atoms with Crippen molar-refractivity contribution in [3.63, 3.8) is 0 Å². The topological polar surface area (TPSA) is 21.6 Å². The highest BCUT2D eigenvalue weighted by Gasteiger charge is 2.26. The molecule has 0 fully saturated rings. The third-order valence-electron chi connectivity index (χ3n) is 8.71. The molecule has 5 aromatic rings. The first-order valence-electron chi connectivity index (χ1n) is 15.0. The molecule has 4 aliphatic carbocycles. The van der Waals surface area contributed by atoms with E-state index in [1.165, 1.54) is 60.4 Å². The molecule has 0 aromatic heterocycles. The van der Waals surface area contributed by atoms with Gasteiger partial charge in [0.15, 0.2) is 0 Å². The molecule has 5 aromatic carbocycles. The Morgan fingerprint density at radius 3 is 1.88 bits per heavy atom. The average Bonchev–Trinajstić information content (AvgIpc) is 3.51. The predicted molar refractivity (Wildman–Crippen MR) is 178 cm³/mol. The average molecular weight is 566 g/mol. The summed E-state index contributed by atoms with van der Waals surface area (Å²) in [6, 6.07) is 42.8. The lowest BCUT2D eigenvalue weighted by atomic mass is 9.93. The second-order valence-corrected chi connectivity index (χ2v) is 13.7. The van der Waals surface area contributed by atoms with Crippen molar-refractivity contribution in [2.45, 2.75) is 45.6 Å². The van der Waals surface area contributed by atoms with Crippen LogP contribution in [0.1, 0.15) is 50.5 Å². The summed E-state index contributed by atoms with van der Waals surface area (Å²) in [6.45, 7) is 5.14. The van der Waals surface area contributed by atoms with Crippen molar-refractivity contribution >= 4 is 29.7 Å². The molecule has 1 aliphatic heterocycles. The van der Waals surface area contributed by atoms with Crippen LogP contribution in [0.5, 0.6) is 0 Å². The highest BCUT2D eigenvalue weighted by Crippen LogP contribution is 2.38. The number of ether oxygens (including phenoxy) is 1. The Bertz CT molecular complexity index is 1730. The van der Waals surface area contributed by atoms with Crippen LogP contribution < -0.4 is 15.9 Å². The van der Waals surface area contributed by atoms with Gasteiger partial charge in [-0.15, -0.1) is 0 Å². The molecule has 10 rings (SSSR count). The van der Waals surface area contributed by atoms with E-state index < -0.39 is 7.92 Å². The number of aliphatic imine (C=N–C) groups is 1. The van der Waals surface area contributed by atoms with Gasteiger partial charge in [-0.25, -0.2) is 4.99 Å². The van der Waals surface area contributed by atoms with Crippen molar-refractivity contribution in [3.8, 4) is 0 Å². The Hall–Kier alpha value is -4.00. The fourth-order valence-electron chi connectivity index (χ4n) is 6.32. The van der Waals surface area contributed by atoms with Crippen LogP contribution in [-0.2, 0) is 30.4 Å². The molecular weight excluding hydrogens is 529 g/mol. The fourth-order valence-corrected chi connectivity index (χ4v) is 9.20. The molecule has 0 saturated heterocycles. The molecule has 2 nitrogen and oxygen atoms in total. The summed E-state index contributed by atoms with van der Waals surface area (Å²) in [5, 5.41) is 4.41. The van der Waals surface area contributed by atoms with Gasteiger partial charge in [0, 0.05) is 5.56 Å². The molecule has 0 amide bonds. The first kappa shape index (κ1) is 26.9. The van der Waals surface area contributed by atoms with Gasteiger partial charge in [-0.3, -0.25) is 0 Å². The number of benzene rings is 5. The lowest BCUT2D eigenvalue weighted by molar-refractivity contribution is 0.319. The molecule has 3 heteroatoms. The third-order valence-corrected chi connectivity index (χ3v) is 11.6. The van der Waals surface area contributed by atoms with Crippen LogP contribution in [0.4, 0.5) is 0 Å². The first-order valence-corrected chi connectivity index (χ1v) is 16.4. The van der Waals surface area contributed by atoms with Gasteiger partial charge in [-0.05, 0) is 108 Å².